The highest BCUT2D eigenvalue weighted by Crippen LogP contribution is 2.29. The van der Waals surface area contributed by atoms with Gasteiger partial charge < -0.3 is 9.47 Å². The number of benzene rings is 2. The summed E-state index contributed by atoms with van der Waals surface area (Å²) < 4.78 is 10.7. The van der Waals surface area contributed by atoms with Gasteiger partial charge in [-0.15, -0.1) is 0 Å². The Labute approximate surface area is 134 Å². The minimum Gasteiger partial charge on any atom is -0.467 e. The van der Waals surface area contributed by atoms with Crippen molar-refractivity contribution in [3.05, 3.63) is 64.2 Å². The molecule has 0 heterocycles. The normalized spacial score (nSPS) is 11.0. The maximum atomic E-state index is 5.68. The van der Waals surface area contributed by atoms with Crippen LogP contribution in [0.25, 0.3) is 0 Å². The van der Waals surface area contributed by atoms with Crippen LogP contribution in [0.5, 0.6) is 5.75 Å². The third-order valence-corrected chi connectivity index (χ3v) is 4.05. The molecule has 2 aromatic rings. The molecule has 0 spiro atoms. The molecule has 2 nitrogen and oxygen atoms in total. The van der Waals surface area contributed by atoms with Crippen molar-refractivity contribution in [2.24, 2.45) is 0 Å². The van der Waals surface area contributed by atoms with Crippen LogP contribution in [0.3, 0.4) is 0 Å². The molecule has 2 aromatic carbocycles. The Bertz CT molecular complexity index is 609. The Morgan fingerprint density at radius 3 is 2.27 bits per heavy atom. The fraction of sp³-hybridized carbons (Fsp3) is 0.400. The van der Waals surface area contributed by atoms with E-state index in [1.54, 1.807) is 7.11 Å². The lowest BCUT2D eigenvalue weighted by Crippen LogP contribution is -2.04. The van der Waals surface area contributed by atoms with Gasteiger partial charge in [0.1, 0.15) is 5.75 Å². The monoisotopic (exact) mass is 298 g/mol. The molecule has 22 heavy (non-hydrogen) atoms. The van der Waals surface area contributed by atoms with E-state index in [2.05, 4.69) is 64.1 Å². The highest BCUT2D eigenvalue weighted by molar-refractivity contribution is 5.43. The molecule has 0 N–H and O–H groups in total. The molecule has 0 radical (unpaired) electrons. The number of hydrogen-bond donors (Lipinski definition) is 0. The van der Waals surface area contributed by atoms with Crippen molar-refractivity contribution in [1.29, 1.82) is 0 Å². The van der Waals surface area contributed by atoms with E-state index < -0.39 is 0 Å². The lowest BCUT2D eigenvalue weighted by Gasteiger charge is -2.16. The number of hydrogen-bond acceptors (Lipinski definition) is 2. The molecule has 0 saturated carbocycles. The smallest absolute Gasteiger partial charge is 0.188 e. The molecular weight excluding hydrogens is 272 g/mol. The molecule has 0 aliphatic rings. The van der Waals surface area contributed by atoms with Crippen LogP contribution >= 0.6 is 0 Å². The summed E-state index contributed by atoms with van der Waals surface area (Å²) in [6, 6.07) is 13.0. The van der Waals surface area contributed by atoms with Crippen molar-refractivity contribution >= 4 is 0 Å². The summed E-state index contributed by atoms with van der Waals surface area (Å²) in [4.78, 5) is 0. The van der Waals surface area contributed by atoms with Crippen LogP contribution in [0.4, 0.5) is 0 Å². The first kappa shape index (κ1) is 16.6. The van der Waals surface area contributed by atoms with E-state index in [1.165, 1.54) is 27.8 Å². The summed E-state index contributed by atoms with van der Waals surface area (Å²) in [6.07, 6.45) is 0.961. The van der Waals surface area contributed by atoms with E-state index >= 15 is 0 Å². The molecule has 0 aliphatic heterocycles. The standard InChI is InChI=1S/C20H26O2/c1-14(2)18-11-17(9-10-20(18)22-13-21-5)12-19-15(3)7-6-8-16(19)4/h6-11,14H,12-13H2,1-5H3. The van der Waals surface area contributed by atoms with Gasteiger partial charge in [0.2, 0.25) is 0 Å². The summed E-state index contributed by atoms with van der Waals surface area (Å²) >= 11 is 0. The third kappa shape index (κ3) is 3.89. The van der Waals surface area contributed by atoms with Gasteiger partial charge in [-0.05, 0) is 60.1 Å². The van der Waals surface area contributed by atoms with Gasteiger partial charge in [-0.3, -0.25) is 0 Å². The first-order valence-corrected chi connectivity index (χ1v) is 7.82. The van der Waals surface area contributed by atoms with Gasteiger partial charge in [0.05, 0.1) is 0 Å². The Hall–Kier alpha value is -1.80. The van der Waals surface area contributed by atoms with E-state index in [0.717, 1.165) is 12.2 Å². The van der Waals surface area contributed by atoms with Gasteiger partial charge >= 0.3 is 0 Å². The predicted octanol–water partition coefficient (Wildman–Crippen LogP) is 5.00. The van der Waals surface area contributed by atoms with Crippen LogP contribution in [0.15, 0.2) is 36.4 Å². The maximum absolute atomic E-state index is 5.68. The SMILES string of the molecule is COCOc1ccc(Cc2c(C)cccc2C)cc1C(C)C. The molecule has 2 rings (SSSR count). The van der Waals surface area contributed by atoms with Crippen molar-refractivity contribution < 1.29 is 9.47 Å². The van der Waals surface area contributed by atoms with Crippen LogP contribution in [0.1, 0.15) is 47.6 Å². The summed E-state index contributed by atoms with van der Waals surface area (Å²) in [5, 5.41) is 0. The van der Waals surface area contributed by atoms with Crippen LogP contribution in [-0.2, 0) is 11.2 Å². The zero-order valence-electron chi connectivity index (χ0n) is 14.3. The summed E-state index contributed by atoms with van der Waals surface area (Å²) in [5.74, 6) is 1.34. The molecule has 2 heteroatoms. The van der Waals surface area contributed by atoms with E-state index in [1.807, 2.05) is 0 Å². The van der Waals surface area contributed by atoms with E-state index in [-0.39, 0.29) is 6.79 Å². The molecular formula is C20H26O2. The first-order chi connectivity index (χ1) is 10.5. The second-order valence-corrected chi connectivity index (χ2v) is 6.12. The predicted molar refractivity (Wildman–Crippen MR) is 91.8 cm³/mol. The molecule has 0 amide bonds. The van der Waals surface area contributed by atoms with E-state index in [9.17, 15) is 0 Å². The van der Waals surface area contributed by atoms with Gasteiger partial charge in [-0.25, -0.2) is 0 Å². The van der Waals surface area contributed by atoms with E-state index in [0.29, 0.717) is 5.92 Å². The number of methoxy groups -OCH3 is 1. The second-order valence-electron chi connectivity index (χ2n) is 6.12. The van der Waals surface area contributed by atoms with Gasteiger partial charge in [0.15, 0.2) is 6.79 Å². The topological polar surface area (TPSA) is 18.5 Å². The molecule has 0 aromatic heterocycles. The fourth-order valence-electron chi connectivity index (χ4n) is 2.74. The first-order valence-electron chi connectivity index (χ1n) is 7.82. The summed E-state index contributed by atoms with van der Waals surface area (Å²) in [7, 11) is 1.64. The molecule has 0 unspecified atom stereocenters. The summed E-state index contributed by atoms with van der Waals surface area (Å²) in [5.41, 5.74) is 6.69. The van der Waals surface area contributed by atoms with Crippen molar-refractivity contribution in [3.8, 4) is 5.75 Å². The fourth-order valence-corrected chi connectivity index (χ4v) is 2.74. The number of ether oxygens (including phenoxy) is 2. The van der Waals surface area contributed by atoms with Gasteiger partial charge in [0, 0.05) is 7.11 Å². The Balaban J connectivity index is 2.31. The molecule has 0 fully saturated rings. The maximum Gasteiger partial charge on any atom is 0.188 e. The van der Waals surface area contributed by atoms with Crippen molar-refractivity contribution in [2.75, 3.05) is 13.9 Å². The average Bonchev–Trinajstić information content (AvgIpc) is 2.49. The van der Waals surface area contributed by atoms with Crippen molar-refractivity contribution in [3.63, 3.8) is 0 Å². The lowest BCUT2D eigenvalue weighted by atomic mass is 9.93. The van der Waals surface area contributed by atoms with Gasteiger partial charge in [0.25, 0.3) is 0 Å². The largest absolute Gasteiger partial charge is 0.467 e. The molecule has 0 bridgehead atoms. The Morgan fingerprint density at radius 2 is 1.68 bits per heavy atom. The van der Waals surface area contributed by atoms with Crippen LogP contribution < -0.4 is 4.74 Å². The van der Waals surface area contributed by atoms with Crippen molar-refractivity contribution in [2.45, 2.75) is 40.0 Å². The average molecular weight is 298 g/mol. The molecule has 0 atom stereocenters. The van der Waals surface area contributed by atoms with Crippen LogP contribution in [-0.4, -0.2) is 13.9 Å². The second kappa shape index (κ2) is 7.46. The molecule has 0 saturated heterocycles. The van der Waals surface area contributed by atoms with Gasteiger partial charge in [-0.2, -0.15) is 0 Å². The number of aryl methyl sites for hydroxylation is 2. The van der Waals surface area contributed by atoms with Crippen molar-refractivity contribution in [1.82, 2.24) is 0 Å². The van der Waals surface area contributed by atoms with Crippen LogP contribution in [0, 0.1) is 13.8 Å². The third-order valence-electron chi connectivity index (χ3n) is 4.05. The zero-order valence-corrected chi connectivity index (χ0v) is 14.3. The molecule has 0 aliphatic carbocycles. The minimum absolute atomic E-state index is 0.288. The Kier molecular flexibility index (Phi) is 5.62. The molecule has 118 valence electrons. The zero-order chi connectivity index (χ0) is 16.1. The van der Waals surface area contributed by atoms with Crippen LogP contribution in [0.2, 0.25) is 0 Å². The number of rotatable bonds is 6. The summed E-state index contributed by atoms with van der Waals surface area (Å²) in [6.45, 7) is 9.04. The van der Waals surface area contributed by atoms with E-state index in [4.69, 9.17) is 9.47 Å². The highest BCUT2D eigenvalue weighted by Gasteiger charge is 2.11. The Morgan fingerprint density at radius 1 is 1.00 bits per heavy atom. The quantitative estimate of drug-likeness (QED) is 0.699. The highest BCUT2D eigenvalue weighted by atomic mass is 16.7. The van der Waals surface area contributed by atoms with Gasteiger partial charge in [-0.1, -0.05) is 44.2 Å². The minimum atomic E-state index is 0.288. The lowest BCUT2D eigenvalue weighted by molar-refractivity contribution is 0.0502.